The van der Waals surface area contributed by atoms with Gasteiger partial charge in [-0.25, -0.2) is 4.98 Å². The molecule has 3 nitrogen and oxygen atoms in total. The molecule has 16 heavy (non-hydrogen) atoms. The highest BCUT2D eigenvalue weighted by Crippen LogP contribution is 2.24. The number of fused-ring (bicyclic) bond motifs is 1. The quantitative estimate of drug-likeness (QED) is 0.859. The van der Waals surface area contributed by atoms with E-state index in [-0.39, 0.29) is 0 Å². The number of nitrogens with one attached hydrogen (secondary N) is 2. The van der Waals surface area contributed by atoms with Crippen molar-refractivity contribution < 1.29 is 0 Å². The fourth-order valence-corrected chi connectivity index (χ4v) is 2.19. The summed E-state index contributed by atoms with van der Waals surface area (Å²) in [5, 5.41) is 4.16. The summed E-state index contributed by atoms with van der Waals surface area (Å²) in [6.07, 6.45) is 2.58. The van der Waals surface area contributed by atoms with Gasteiger partial charge in [0, 0.05) is 6.04 Å². The molecule has 2 aromatic rings. The molecule has 1 aromatic heterocycles. The highest BCUT2D eigenvalue weighted by Gasteiger charge is 2.20. The molecule has 1 aromatic carbocycles. The summed E-state index contributed by atoms with van der Waals surface area (Å²) in [5.41, 5.74) is 3.06. The number of benzene rings is 1. The predicted octanol–water partition coefficient (Wildman–Crippen LogP) is 2.78. The van der Waals surface area contributed by atoms with Crippen molar-refractivity contribution in [3.05, 3.63) is 28.5 Å². The topological polar surface area (TPSA) is 40.7 Å². The van der Waals surface area contributed by atoms with E-state index in [0.717, 1.165) is 34.0 Å². The lowest BCUT2D eigenvalue weighted by Crippen LogP contribution is -2.16. The monoisotopic (exact) mass is 235 g/mol. The number of aryl methyl sites for hydroxylation is 1. The van der Waals surface area contributed by atoms with Gasteiger partial charge in [0.2, 0.25) is 0 Å². The highest BCUT2D eigenvalue weighted by atomic mass is 35.5. The number of halogens is 1. The van der Waals surface area contributed by atoms with Crippen LogP contribution in [-0.4, -0.2) is 16.0 Å². The Morgan fingerprint density at radius 3 is 3.06 bits per heavy atom. The minimum absolute atomic E-state index is 0.699. The van der Waals surface area contributed by atoms with E-state index in [1.165, 1.54) is 12.8 Å². The second-order valence-corrected chi connectivity index (χ2v) is 4.89. The highest BCUT2D eigenvalue weighted by molar-refractivity contribution is 6.35. The van der Waals surface area contributed by atoms with Gasteiger partial charge in [-0.3, -0.25) is 0 Å². The average Bonchev–Trinajstić information content (AvgIpc) is 2.96. The molecular formula is C12H14ClN3. The van der Waals surface area contributed by atoms with Crippen molar-refractivity contribution in [3.8, 4) is 0 Å². The number of hydrogen-bond donors (Lipinski definition) is 2. The molecule has 0 spiro atoms. The van der Waals surface area contributed by atoms with E-state index in [0.29, 0.717) is 6.04 Å². The van der Waals surface area contributed by atoms with Crippen LogP contribution in [0.1, 0.15) is 24.2 Å². The fraction of sp³-hybridized carbons (Fsp3) is 0.417. The second-order valence-electron chi connectivity index (χ2n) is 4.48. The van der Waals surface area contributed by atoms with E-state index < -0.39 is 0 Å². The first-order valence-electron chi connectivity index (χ1n) is 5.60. The van der Waals surface area contributed by atoms with Crippen LogP contribution in [-0.2, 0) is 6.54 Å². The molecule has 2 N–H and O–H groups in total. The van der Waals surface area contributed by atoms with E-state index >= 15 is 0 Å². The summed E-state index contributed by atoms with van der Waals surface area (Å²) in [6, 6.07) is 4.72. The number of hydrogen-bond acceptors (Lipinski definition) is 2. The van der Waals surface area contributed by atoms with Crippen molar-refractivity contribution in [2.45, 2.75) is 32.4 Å². The zero-order valence-corrected chi connectivity index (χ0v) is 9.93. The molecule has 3 rings (SSSR count). The first kappa shape index (κ1) is 10.1. The van der Waals surface area contributed by atoms with Crippen LogP contribution in [0.25, 0.3) is 11.0 Å². The van der Waals surface area contributed by atoms with Gasteiger partial charge in [0.05, 0.1) is 17.1 Å². The van der Waals surface area contributed by atoms with Crippen LogP contribution in [0.5, 0.6) is 0 Å². The first-order chi connectivity index (χ1) is 7.72. The largest absolute Gasteiger partial charge is 0.341 e. The second kappa shape index (κ2) is 3.75. The summed E-state index contributed by atoms with van der Waals surface area (Å²) in [6.45, 7) is 2.84. The maximum Gasteiger partial charge on any atom is 0.121 e. The van der Waals surface area contributed by atoms with Gasteiger partial charge in [-0.15, -0.1) is 0 Å². The summed E-state index contributed by atoms with van der Waals surface area (Å²) < 4.78 is 0. The van der Waals surface area contributed by atoms with Crippen molar-refractivity contribution in [2.75, 3.05) is 0 Å². The summed E-state index contributed by atoms with van der Waals surface area (Å²) >= 11 is 6.15. The Kier molecular flexibility index (Phi) is 2.37. The molecule has 0 aliphatic heterocycles. The fourth-order valence-electron chi connectivity index (χ4n) is 1.87. The molecule has 0 saturated heterocycles. The molecule has 84 valence electrons. The Labute approximate surface area is 99.2 Å². The minimum atomic E-state index is 0.699. The van der Waals surface area contributed by atoms with Gasteiger partial charge in [0.15, 0.2) is 0 Å². The summed E-state index contributed by atoms with van der Waals surface area (Å²) in [4.78, 5) is 7.81. The standard InChI is InChI=1S/C12H14ClN3/c1-7-4-9(13)12-10(5-7)15-11(16-12)6-14-8-2-3-8/h4-5,8,14H,2-3,6H2,1H3,(H,15,16). The molecule has 0 amide bonds. The number of imidazole rings is 1. The average molecular weight is 236 g/mol. The molecular weight excluding hydrogens is 222 g/mol. The van der Waals surface area contributed by atoms with Gasteiger partial charge in [-0.05, 0) is 37.5 Å². The lowest BCUT2D eigenvalue weighted by molar-refractivity contribution is 0.665. The normalized spacial score (nSPS) is 15.9. The van der Waals surface area contributed by atoms with Crippen molar-refractivity contribution >= 4 is 22.6 Å². The molecule has 1 aliphatic carbocycles. The van der Waals surface area contributed by atoms with Crippen LogP contribution in [0.2, 0.25) is 5.02 Å². The third-order valence-corrected chi connectivity index (χ3v) is 3.16. The van der Waals surface area contributed by atoms with Gasteiger partial charge in [-0.1, -0.05) is 11.6 Å². The SMILES string of the molecule is Cc1cc(Cl)c2nc(CNC3CC3)[nH]c2c1. The Bertz CT molecular complexity index is 528. The van der Waals surface area contributed by atoms with Gasteiger partial charge >= 0.3 is 0 Å². The van der Waals surface area contributed by atoms with Crippen LogP contribution >= 0.6 is 11.6 Å². The van der Waals surface area contributed by atoms with Crippen LogP contribution in [0.4, 0.5) is 0 Å². The smallest absolute Gasteiger partial charge is 0.121 e. The third-order valence-electron chi connectivity index (χ3n) is 2.87. The number of H-pyrrole nitrogens is 1. The zero-order valence-electron chi connectivity index (χ0n) is 9.18. The molecule has 1 fully saturated rings. The molecule has 0 radical (unpaired) electrons. The molecule has 1 heterocycles. The van der Waals surface area contributed by atoms with E-state index in [4.69, 9.17) is 11.6 Å². The maximum absolute atomic E-state index is 6.15. The molecule has 0 bridgehead atoms. The Hall–Kier alpha value is -1.06. The van der Waals surface area contributed by atoms with E-state index in [1.54, 1.807) is 0 Å². The minimum Gasteiger partial charge on any atom is -0.341 e. The lowest BCUT2D eigenvalue weighted by Gasteiger charge is -1.96. The number of nitrogens with zero attached hydrogens (tertiary/aromatic N) is 1. The van der Waals surface area contributed by atoms with E-state index in [1.807, 2.05) is 13.0 Å². The van der Waals surface area contributed by atoms with Gasteiger partial charge < -0.3 is 10.3 Å². The van der Waals surface area contributed by atoms with Crippen molar-refractivity contribution in [1.82, 2.24) is 15.3 Å². The van der Waals surface area contributed by atoms with Crippen molar-refractivity contribution in [3.63, 3.8) is 0 Å². The maximum atomic E-state index is 6.15. The molecule has 0 atom stereocenters. The zero-order chi connectivity index (χ0) is 11.1. The molecule has 1 saturated carbocycles. The predicted molar refractivity (Wildman–Crippen MR) is 65.7 cm³/mol. The molecule has 0 unspecified atom stereocenters. The van der Waals surface area contributed by atoms with Crippen LogP contribution in [0, 0.1) is 6.92 Å². The summed E-state index contributed by atoms with van der Waals surface area (Å²) in [5.74, 6) is 0.967. The Morgan fingerprint density at radius 1 is 1.50 bits per heavy atom. The molecule has 4 heteroatoms. The number of aromatic nitrogens is 2. The summed E-state index contributed by atoms with van der Waals surface area (Å²) in [7, 11) is 0. The Morgan fingerprint density at radius 2 is 2.31 bits per heavy atom. The van der Waals surface area contributed by atoms with Crippen molar-refractivity contribution in [1.29, 1.82) is 0 Å². The van der Waals surface area contributed by atoms with Gasteiger partial charge in [-0.2, -0.15) is 0 Å². The van der Waals surface area contributed by atoms with Crippen LogP contribution in [0.3, 0.4) is 0 Å². The Balaban J connectivity index is 1.91. The lowest BCUT2D eigenvalue weighted by atomic mass is 10.2. The first-order valence-corrected chi connectivity index (χ1v) is 5.98. The van der Waals surface area contributed by atoms with Gasteiger partial charge in [0.25, 0.3) is 0 Å². The number of aromatic amines is 1. The number of rotatable bonds is 3. The van der Waals surface area contributed by atoms with Gasteiger partial charge in [0.1, 0.15) is 11.3 Å². The van der Waals surface area contributed by atoms with Crippen molar-refractivity contribution in [2.24, 2.45) is 0 Å². The van der Waals surface area contributed by atoms with Crippen LogP contribution in [0.15, 0.2) is 12.1 Å². The molecule has 1 aliphatic rings. The van der Waals surface area contributed by atoms with E-state index in [2.05, 4.69) is 21.4 Å². The third kappa shape index (κ3) is 1.93. The van der Waals surface area contributed by atoms with Crippen LogP contribution < -0.4 is 5.32 Å². The van der Waals surface area contributed by atoms with E-state index in [9.17, 15) is 0 Å².